The first-order valence-electron chi connectivity index (χ1n) is 9.38. The third-order valence-electron chi connectivity index (χ3n) is 4.76. The monoisotopic (exact) mass is 439 g/mol. The van der Waals surface area contributed by atoms with Crippen molar-refractivity contribution in [1.82, 2.24) is 9.62 Å². The molecule has 0 aliphatic carbocycles. The van der Waals surface area contributed by atoms with Gasteiger partial charge in [0, 0.05) is 48.2 Å². The number of thiophene rings is 1. The fourth-order valence-corrected chi connectivity index (χ4v) is 5.82. The van der Waals surface area contributed by atoms with E-state index >= 15 is 0 Å². The lowest BCUT2D eigenvalue weighted by Gasteiger charge is -2.36. The molecule has 3 rings (SSSR count). The number of halogens is 1. The van der Waals surface area contributed by atoms with Gasteiger partial charge in [-0.15, -0.1) is 11.3 Å². The van der Waals surface area contributed by atoms with E-state index in [0.29, 0.717) is 23.9 Å². The zero-order chi connectivity index (χ0) is 21.0. The minimum atomic E-state index is -3.53. The highest BCUT2D eigenvalue weighted by Gasteiger charge is 2.20. The van der Waals surface area contributed by atoms with E-state index < -0.39 is 10.0 Å². The van der Waals surface area contributed by atoms with Crippen LogP contribution in [0.25, 0.3) is 0 Å². The predicted molar refractivity (Wildman–Crippen MR) is 116 cm³/mol. The molecule has 0 bridgehead atoms. The summed E-state index contributed by atoms with van der Waals surface area (Å²) in [6.07, 6.45) is 0. The van der Waals surface area contributed by atoms with Crippen LogP contribution in [-0.2, 0) is 10.0 Å². The number of guanidine groups is 1. The van der Waals surface area contributed by atoms with E-state index in [1.165, 1.54) is 23.5 Å². The summed E-state index contributed by atoms with van der Waals surface area (Å²) >= 11 is 1.46. The Balaban J connectivity index is 1.47. The number of rotatable bonds is 6. The molecule has 1 saturated heterocycles. The van der Waals surface area contributed by atoms with Crippen molar-refractivity contribution in [2.75, 3.05) is 44.2 Å². The average molecular weight is 440 g/mol. The lowest BCUT2D eigenvalue weighted by molar-refractivity contribution is 0.381. The van der Waals surface area contributed by atoms with Crippen molar-refractivity contribution in [2.45, 2.75) is 18.7 Å². The maximum absolute atomic E-state index is 13.1. The Morgan fingerprint density at radius 1 is 1.21 bits per heavy atom. The van der Waals surface area contributed by atoms with E-state index in [1.54, 1.807) is 25.1 Å². The molecule has 1 fully saturated rings. The summed E-state index contributed by atoms with van der Waals surface area (Å²) < 4.78 is 40.4. The minimum absolute atomic E-state index is 0.187. The van der Waals surface area contributed by atoms with Crippen LogP contribution >= 0.6 is 11.3 Å². The molecule has 7 nitrogen and oxygen atoms in total. The Morgan fingerprint density at radius 3 is 2.45 bits per heavy atom. The molecule has 0 radical (unpaired) electrons. The summed E-state index contributed by atoms with van der Waals surface area (Å²) in [5.74, 6) is 0.161. The van der Waals surface area contributed by atoms with E-state index in [0.717, 1.165) is 28.5 Å². The van der Waals surface area contributed by atoms with Gasteiger partial charge in [0.25, 0.3) is 0 Å². The van der Waals surface area contributed by atoms with E-state index in [2.05, 4.69) is 14.6 Å². The molecular formula is C19H26FN5O2S2. The summed E-state index contributed by atoms with van der Waals surface area (Å²) in [5, 5.41) is 0. The molecule has 1 aliphatic rings. The van der Waals surface area contributed by atoms with Gasteiger partial charge in [0.15, 0.2) is 5.96 Å². The number of anilines is 1. The molecule has 0 atom stereocenters. The van der Waals surface area contributed by atoms with Gasteiger partial charge in [-0.25, -0.2) is 17.5 Å². The van der Waals surface area contributed by atoms with Gasteiger partial charge in [-0.1, -0.05) is 0 Å². The number of nitrogens with two attached hydrogens (primary N) is 1. The van der Waals surface area contributed by atoms with Crippen LogP contribution in [0.3, 0.4) is 0 Å². The highest BCUT2D eigenvalue weighted by Crippen LogP contribution is 2.24. The first-order valence-corrected chi connectivity index (χ1v) is 11.7. The van der Waals surface area contributed by atoms with Gasteiger partial charge in [0.05, 0.1) is 11.4 Å². The number of benzene rings is 1. The topological polar surface area (TPSA) is 91.0 Å². The molecule has 0 spiro atoms. The molecule has 0 unspecified atom stereocenters. The summed E-state index contributed by atoms with van der Waals surface area (Å²) in [6.45, 7) is 7.05. The van der Waals surface area contributed by atoms with Crippen molar-refractivity contribution in [2.24, 2.45) is 10.7 Å². The minimum Gasteiger partial charge on any atom is -0.370 e. The van der Waals surface area contributed by atoms with Crippen molar-refractivity contribution in [3.63, 3.8) is 0 Å². The van der Waals surface area contributed by atoms with Crippen LogP contribution in [0.4, 0.5) is 10.1 Å². The van der Waals surface area contributed by atoms with E-state index in [-0.39, 0.29) is 18.9 Å². The van der Waals surface area contributed by atoms with Crippen molar-refractivity contribution in [3.8, 4) is 0 Å². The van der Waals surface area contributed by atoms with Crippen LogP contribution in [0.2, 0.25) is 0 Å². The third-order valence-corrected chi connectivity index (χ3v) is 7.44. The van der Waals surface area contributed by atoms with Crippen LogP contribution in [0.15, 0.2) is 40.2 Å². The quantitative estimate of drug-likeness (QED) is 0.408. The number of hydrogen-bond donors (Lipinski definition) is 2. The van der Waals surface area contributed by atoms with Crippen LogP contribution in [0.5, 0.6) is 0 Å². The second-order valence-electron chi connectivity index (χ2n) is 6.87. The van der Waals surface area contributed by atoms with Gasteiger partial charge in [-0.3, -0.25) is 4.99 Å². The second-order valence-corrected chi connectivity index (χ2v) is 10.1. The molecule has 1 aliphatic heterocycles. The first-order chi connectivity index (χ1) is 13.8. The number of aliphatic imine (C=N–C) groups is 1. The van der Waals surface area contributed by atoms with E-state index in [9.17, 15) is 12.8 Å². The molecule has 10 heteroatoms. The Bertz CT molecular complexity index is 965. The molecule has 1 aromatic heterocycles. The Kier molecular flexibility index (Phi) is 6.76. The SMILES string of the molecule is Cc1cc(S(=O)(=O)NCCN=C(N)N2CCN(c3ccc(F)cc3)CC2)c(C)s1. The van der Waals surface area contributed by atoms with Gasteiger partial charge in [-0.05, 0) is 44.2 Å². The number of sulfonamides is 1. The molecule has 29 heavy (non-hydrogen) atoms. The van der Waals surface area contributed by atoms with Crippen molar-refractivity contribution >= 4 is 33.0 Å². The fraction of sp³-hybridized carbons (Fsp3) is 0.421. The van der Waals surface area contributed by atoms with Gasteiger partial charge in [-0.2, -0.15) is 0 Å². The van der Waals surface area contributed by atoms with Crippen LogP contribution < -0.4 is 15.4 Å². The second kappa shape index (κ2) is 9.10. The lowest BCUT2D eigenvalue weighted by Crippen LogP contribution is -2.51. The van der Waals surface area contributed by atoms with Gasteiger partial charge >= 0.3 is 0 Å². The zero-order valence-corrected chi connectivity index (χ0v) is 18.2. The molecular weight excluding hydrogens is 413 g/mol. The van der Waals surface area contributed by atoms with Gasteiger partial charge in [0.1, 0.15) is 5.82 Å². The first kappa shape index (κ1) is 21.5. The highest BCUT2D eigenvalue weighted by molar-refractivity contribution is 7.89. The fourth-order valence-electron chi connectivity index (χ4n) is 3.25. The third kappa shape index (κ3) is 5.46. The Morgan fingerprint density at radius 2 is 1.86 bits per heavy atom. The van der Waals surface area contributed by atoms with Gasteiger partial charge < -0.3 is 15.5 Å². The number of nitrogens with one attached hydrogen (secondary N) is 1. The average Bonchev–Trinajstić information content (AvgIpc) is 3.05. The maximum Gasteiger partial charge on any atom is 0.241 e. The number of nitrogens with zero attached hydrogens (tertiary/aromatic N) is 3. The summed E-state index contributed by atoms with van der Waals surface area (Å²) in [5.41, 5.74) is 7.05. The van der Waals surface area contributed by atoms with Crippen molar-refractivity contribution in [1.29, 1.82) is 0 Å². The molecule has 0 saturated carbocycles. The molecule has 158 valence electrons. The molecule has 2 heterocycles. The number of hydrogen-bond acceptors (Lipinski definition) is 5. The van der Waals surface area contributed by atoms with Crippen molar-refractivity contribution < 1.29 is 12.8 Å². The highest BCUT2D eigenvalue weighted by atomic mass is 32.2. The summed E-state index contributed by atoms with van der Waals surface area (Å²) in [7, 11) is -3.53. The zero-order valence-electron chi connectivity index (χ0n) is 16.6. The molecule has 2 aromatic rings. The molecule has 1 aromatic carbocycles. The number of piperazine rings is 1. The summed E-state index contributed by atoms with van der Waals surface area (Å²) in [6, 6.07) is 8.13. The molecule has 3 N–H and O–H groups in total. The Hall–Kier alpha value is -2.17. The standard InChI is InChI=1S/C19H26FN5O2S2/c1-14-13-18(15(2)28-14)29(26,27)23-8-7-22-19(21)25-11-9-24(10-12-25)17-5-3-16(20)4-6-17/h3-6,13,23H,7-12H2,1-2H3,(H2,21,22). The maximum atomic E-state index is 13.1. The molecule has 0 amide bonds. The van der Waals surface area contributed by atoms with Crippen LogP contribution in [0, 0.1) is 19.7 Å². The van der Waals surface area contributed by atoms with Crippen LogP contribution in [0.1, 0.15) is 9.75 Å². The lowest BCUT2D eigenvalue weighted by atomic mass is 10.2. The Labute approximate surface area is 175 Å². The van der Waals surface area contributed by atoms with E-state index in [1.807, 2.05) is 11.8 Å². The normalized spacial score (nSPS) is 15.8. The number of aryl methyl sites for hydroxylation is 2. The summed E-state index contributed by atoms with van der Waals surface area (Å²) in [4.78, 5) is 10.5. The largest absolute Gasteiger partial charge is 0.370 e. The predicted octanol–water partition coefficient (Wildman–Crippen LogP) is 1.92. The van der Waals surface area contributed by atoms with Gasteiger partial charge in [0.2, 0.25) is 10.0 Å². The van der Waals surface area contributed by atoms with E-state index in [4.69, 9.17) is 5.73 Å². The van der Waals surface area contributed by atoms with Crippen LogP contribution in [-0.4, -0.2) is 58.5 Å². The van der Waals surface area contributed by atoms with Crippen molar-refractivity contribution in [3.05, 3.63) is 45.9 Å². The smallest absolute Gasteiger partial charge is 0.241 e.